The van der Waals surface area contributed by atoms with E-state index in [1.807, 2.05) is 0 Å². The number of carbonyl (C=O) groups is 2. The first-order valence-corrected chi connectivity index (χ1v) is 3.20. The maximum atomic E-state index is 10.7. The Hall–Kier alpha value is -1.06. The summed E-state index contributed by atoms with van der Waals surface area (Å²) in [7, 11) is 0. The molecule has 0 radical (unpaired) electrons. The molecule has 0 bridgehead atoms. The van der Waals surface area contributed by atoms with Gasteiger partial charge in [0.25, 0.3) is 17.5 Å². The van der Waals surface area contributed by atoms with Gasteiger partial charge in [-0.05, 0) is 0 Å². The summed E-state index contributed by atoms with van der Waals surface area (Å²) in [5, 5.41) is 37.3. The minimum Gasteiger partial charge on any atom is -0.369 e. The SMILES string of the molecule is NC1(O)C(O)NC(=O)C(=O)C1(O)O. The van der Waals surface area contributed by atoms with Gasteiger partial charge in [-0.2, -0.15) is 0 Å². The molecule has 1 saturated heterocycles. The van der Waals surface area contributed by atoms with Crippen LogP contribution in [-0.2, 0) is 9.59 Å². The number of carbonyl (C=O) groups excluding carboxylic acids is 2. The van der Waals surface area contributed by atoms with Crippen LogP contribution >= 0.6 is 0 Å². The molecule has 2 unspecified atom stereocenters. The summed E-state index contributed by atoms with van der Waals surface area (Å²) in [5.74, 6) is -6.66. The average molecular weight is 192 g/mol. The predicted molar refractivity (Wildman–Crippen MR) is 35.5 cm³/mol. The van der Waals surface area contributed by atoms with Crippen molar-refractivity contribution in [1.29, 1.82) is 0 Å². The van der Waals surface area contributed by atoms with Gasteiger partial charge in [0, 0.05) is 0 Å². The van der Waals surface area contributed by atoms with Crippen molar-refractivity contribution in [2.75, 3.05) is 0 Å². The fourth-order valence-corrected chi connectivity index (χ4v) is 0.831. The lowest BCUT2D eigenvalue weighted by atomic mass is 9.93. The van der Waals surface area contributed by atoms with E-state index in [4.69, 9.17) is 26.2 Å². The zero-order valence-corrected chi connectivity index (χ0v) is 6.26. The number of piperidine rings is 1. The molecule has 13 heavy (non-hydrogen) atoms. The molecule has 0 aromatic rings. The van der Waals surface area contributed by atoms with Gasteiger partial charge in [-0.3, -0.25) is 15.3 Å². The van der Waals surface area contributed by atoms with Gasteiger partial charge < -0.3 is 25.7 Å². The Kier molecular flexibility index (Phi) is 1.90. The van der Waals surface area contributed by atoms with Crippen molar-refractivity contribution >= 4 is 11.7 Å². The molecule has 0 aromatic heterocycles. The van der Waals surface area contributed by atoms with Crippen molar-refractivity contribution in [3.05, 3.63) is 0 Å². The van der Waals surface area contributed by atoms with Gasteiger partial charge in [0.15, 0.2) is 6.23 Å². The van der Waals surface area contributed by atoms with Crippen LogP contribution in [-0.4, -0.2) is 49.9 Å². The van der Waals surface area contributed by atoms with Gasteiger partial charge in [0.05, 0.1) is 0 Å². The zero-order chi connectivity index (χ0) is 10.4. The highest BCUT2D eigenvalue weighted by atomic mass is 16.5. The predicted octanol–water partition coefficient (Wildman–Crippen LogP) is -4.67. The number of ketones is 1. The van der Waals surface area contributed by atoms with E-state index < -0.39 is 29.4 Å². The molecule has 1 amide bonds. The van der Waals surface area contributed by atoms with Crippen molar-refractivity contribution in [3.63, 3.8) is 0 Å². The van der Waals surface area contributed by atoms with E-state index in [2.05, 4.69) is 0 Å². The molecule has 74 valence electrons. The van der Waals surface area contributed by atoms with Crippen LogP contribution in [0.2, 0.25) is 0 Å². The van der Waals surface area contributed by atoms with Crippen LogP contribution in [0.15, 0.2) is 0 Å². The molecule has 0 aromatic carbocycles. The Balaban J connectivity index is 3.15. The number of aliphatic hydroxyl groups is 4. The van der Waals surface area contributed by atoms with E-state index in [9.17, 15) is 9.59 Å². The molecule has 1 heterocycles. The lowest BCUT2D eigenvalue weighted by Crippen LogP contribution is -2.79. The Morgan fingerprint density at radius 3 is 2.23 bits per heavy atom. The summed E-state index contributed by atoms with van der Waals surface area (Å²) < 4.78 is 0. The van der Waals surface area contributed by atoms with E-state index in [1.165, 1.54) is 0 Å². The number of nitrogens with one attached hydrogen (secondary N) is 1. The van der Waals surface area contributed by atoms with Crippen molar-refractivity contribution in [1.82, 2.24) is 5.32 Å². The smallest absolute Gasteiger partial charge is 0.295 e. The van der Waals surface area contributed by atoms with Crippen LogP contribution in [0.1, 0.15) is 0 Å². The molecule has 1 fully saturated rings. The van der Waals surface area contributed by atoms with E-state index in [1.54, 1.807) is 5.32 Å². The van der Waals surface area contributed by atoms with Crippen LogP contribution in [0.4, 0.5) is 0 Å². The minimum atomic E-state index is -3.49. The minimum absolute atomic E-state index is 1.44. The molecule has 1 aliphatic rings. The molecule has 7 N–H and O–H groups in total. The Morgan fingerprint density at radius 1 is 1.31 bits per heavy atom. The van der Waals surface area contributed by atoms with Crippen LogP contribution in [0.25, 0.3) is 0 Å². The van der Waals surface area contributed by atoms with Gasteiger partial charge in [-0.15, -0.1) is 0 Å². The van der Waals surface area contributed by atoms with Gasteiger partial charge >= 0.3 is 0 Å². The topological polar surface area (TPSA) is 153 Å². The molecule has 8 nitrogen and oxygen atoms in total. The standard InChI is InChI=1S/C5H8N2O6/c6-4(11)3(10)7-2(9)1(8)5(4,12)13/h3,10-13H,6H2,(H,7,9). The highest BCUT2D eigenvalue weighted by molar-refractivity contribution is 6.39. The number of rotatable bonds is 0. The third-order valence-electron chi connectivity index (χ3n) is 1.77. The van der Waals surface area contributed by atoms with Crippen molar-refractivity contribution in [3.8, 4) is 0 Å². The van der Waals surface area contributed by atoms with E-state index in [0.717, 1.165) is 0 Å². The third-order valence-corrected chi connectivity index (χ3v) is 1.77. The first-order valence-electron chi connectivity index (χ1n) is 3.20. The largest absolute Gasteiger partial charge is 0.369 e. The maximum Gasteiger partial charge on any atom is 0.295 e. The molecule has 0 spiro atoms. The molecular formula is C5H8N2O6. The van der Waals surface area contributed by atoms with Crippen LogP contribution < -0.4 is 11.1 Å². The lowest BCUT2D eigenvalue weighted by molar-refractivity contribution is -0.291. The number of hydrogen-bond acceptors (Lipinski definition) is 7. The summed E-state index contributed by atoms with van der Waals surface area (Å²) in [5.41, 5.74) is 1.79. The second-order valence-electron chi connectivity index (χ2n) is 2.70. The van der Waals surface area contributed by atoms with Crippen molar-refractivity contribution in [2.45, 2.75) is 17.7 Å². The molecule has 0 saturated carbocycles. The van der Waals surface area contributed by atoms with Crippen LogP contribution in [0.3, 0.4) is 0 Å². The molecule has 0 aliphatic carbocycles. The first-order chi connectivity index (χ1) is 5.71. The number of amides is 1. The first kappa shape index (κ1) is 10.0. The highest BCUT2D eigenvalue weighted by Crippen LogP contribution is 2.22. The number of hydrogen-bond donors (Lipinski definition) is 6. The quantitative estimate of drug-likeness (QED) is 0.166. The van der Waals surface area contributed by atoms with E-state index in [-0.39, 0.29) is 0 Å². The highest BCUT2D eigenvalue weighted by Gasteiger charge is 2.62. The summed E-state index contributed by atoms with van der Waals surface area (Å²) in [4.78, 5) is 21.3. The normalized spacial score (nSPS) is 38.7. The Labute approximate surface area is 71.6 Å². The summed E-state index contributed by atoms with van der Waals surface area (Å²) in [6.45, 7) is 0. The monoisotopic (exact) mass is 192 g/mol. The van der Waals surface area contributed by atoms with E-state index >= 15 is 0 Å². The second-order valence-corrected chi connectivity index (χ2v) is 2.70. The average Bonchev–Trinajstić information content (AvgIpc) is 2.00. The molecular weight excluding hydrogens is 184 g/mol. The summed E-state index contributed by atoms with van der Waals surface area (Å²) >= 11 is 0. The molecule has 8 heteroatoms. The van der Waals surface area contributed by atoms with Crippen LogP contribution in [0, 0.1) is 0 Å². The Bertz CT molecular complexity index is 272. The second kappa shape index (κ2) is 2.47. The Morgan fingerprint density at radius 2 is 1.77 bits per heavy atom. The van der Waals surface area contributed by atoms with Gasteiger partial charge in [-0.1, -0.05) is 0 Å². The number of aliphatic hydroxyl groups excluding tert-OH is 1. The van der Waals surface area contributed by atoms with E-state index in [0.29, 0.717) is 0 Å². The van der Waals surface area contributed by atoms with Crippen LogP contribution in [0.5, 0.6) is 0 Å². The van der Waals surface area contributed by atoms with Gasteiger partial charge in [0.2, 0.25) is 5.72 Å². The molecule has 2 atom stereocenters. The van der Waals surface area contributed by atoms with Gasteiger partial charge in [0.1, 0.15) is 0 Å². The van der Waals surface area contributed by atoms with Crippen molar-refractivity contribution < 1.29 is 30.0 Å². The molecule has 1 aliphatic heterocycles. The molecule has 1 rings (SSSR count). The zero-order valence-electron chi connectivity index (χ0n) is 6.26. The number of nitrogens with two attached hydrogens (primary N) is 1. The number of Topliss-reactive ketones (excluding diaryl/α,β-unsaturated/α-hetero) is 1. The van der Waals surface area contributed by atoms with Crippen molar-refractivity contribution in [2.24, 2.45) is 5.73 Å². The summed E-state index contributed by atoms with van der Waals surface area (Å²) in [6.07, 6.45) is -2.13. The summed E-state index contributed by atoms with van der Waals surface area (Å²) in [6, 6.07) is 0. The van der Waals surface area contributed by atoms with Gasteiger partial charge in [-0.25, -0.2) is 0 Å². The third kappa shape index (κ3) is 1.12. The lowest BCUT2D eigenvalue weighted by Gasteiger charge is -2.41. The fourth-order valence-electron chi connectivity index (χ4n) is 0.831. The fraction of sp³-hybridized carbons (Fsp3) is 0.600. The maximum absolute atomic E-state index is 10.7.